The minimum Gasteiger partial charge on any atom is -0.325 e. The van der Waals surface area contributed by atoms with Crippen molar-refractivity contribution in [2.45, 2.75) is 27.7 Å². The molecule has 0 atom stereocenters. The summed E-state index contributed by atoms with van der Waals surface area (Å²) in [6.45, 7) is 14.2. The second kappa shape index (κ2) is 8.62. The Bertz CT molecular complexity index is 116. The van der Waals surface area contributed by atoms with Crippen molar-refractivity contribution in [2.75, 3.05) is 26.2 Å². The van der Waals surface area contributed by atoms with Gasteiger partial charge >= 0.3 is 0 Å². The molecule has 0 saturated carbocycles. The van der Waals surface area contributed by atoms with Gasteiger partial charge in [0.2, 0.25) is 0 Å². The first-order valence-corrected chi connectivity index (χ1v) is 5.69. The van der Waals surface area contributed by atoms with Crippen LogP contribution >= 0.6 is 0 Å². The minimum absolute atomic E-state index is 1.28. The zero-order chi connectivity index (χ0) is 10.9. The van der Waals surface area contributed by atoms with Gasteiger partial charge in [-0.3, -0.25) is 9.11 Å². The molecule has 0 aromatic rings. The predicted octanol–water partition coefficient (Wildman–Crippen LogP) is 1.56. The van der Waals surface area contributed by atoms with Crippen LogP contribution in [0.1, 0.15) is 27.7 Å². The van der Waals surface area contributed by atoms with E-state index < -0.39 is 11.4 Å². The SMILES string of the molecule is CC[N+](CC)(CC)CC.O=S(O)O. The third-order valence-corrected chi connectivity index (χ3v) is 2.68. The van der Waals surface area contributed by atoms with Crippen LogP contribution in [0.4, 0.5) is 0 Å². The van der Waals surface area contributed by atoms with Crippen LogP contribution in [0.25, 0.3) is 0 Å². The average molecular weight is 212 g/mol. The van der Waals surface area contributed by atoms with Crippen LogP contribution in [-0.4, -0.2) is 44.0 Å². The smallest absolute Gasteiger partial charge is 0.299 e. The lowest BCUT2D eigenvalue weighted by Gasteiger charge is -2.34. The largest absolute Gasteiger partial charge is 0.325 e. The van der Waals surface area contributed by atoms with Crippen LogP contribution in [0.2, 0.25) is 0 Å². The van der Waals surface area contributed by atoms with Crippen LogP contribution in [0.5, 0.6) is 0 Å². The van der Waals surface area contributed by atoms with E-state index in [0.717, 1.165) is 0 Å². The summed E-state index contributed by atoms with van der Waals surface area (Å²) >= 11 is -2.61. The molecular formula is C8H22NO3S+. The van der Waals surface area contributed by atoms with Crippen molar-refractivity contribution in [1.82, 2.24) is 0 Å². The van der Waals surface area contributed by atoms with Gasteiger partial charge in [-0.25, -0.2) is 0 Å². The molecule has 0 heterocycles. The fourth-order valence-corrected chi connectivity index (χ4v) is 1.34. The maximum atomic E-state index is 8.67. The standard InChI is InChI=1S/C8H20N.H2O3S/c1-5-9(6-2,7-3)8-4;1-4(2)3/h5-8H2,1-4H3;(H2,1,2,3)/q+1;. The Balaban J connectivity index is 0. The highest BCUT2D eigenvalue weighted by atomic mass is 32.2. The molecule has 0 unspecified atom stereocenters. The first-order chi connectivity index (χ1) is 5.97. The first kappa shape index (κ1) is 15.5. The quantitative estimate of drug-likeness (QED) is 0.549. The molecule has 0 aliphatic carbocycles. The summed E-state index contributed by atoms with van der Waals surface area (Å²) in [6, 6.07) is 0. The third kappa shape index (κ3) is 8.36. The number of nitrogens with zero attached hydrogens (tertiary/aromatic N) is 1. The summed E-state index contributed by atoms with van der Waals surface area (Å²) in [5.41, 5.74) is 0. The van der Waals surface area contributed by atoms with E-state index in [0.29, 0.717) is 0 Å². The molecule has 4 nitrogen and oxygen atoms in total. The molecular weight excluding hydrogens is 190 g/mol. The molecule has 0 aromatic carbocycles. The Morgan fingerprint density at radius 3 is 1.08 bits per heavy atom. The molecule has 0 aliphatic rings. The highest BCUT2D eigenvalue weighted by molar-refractivity contribution is 7.73. The summed E-state index contributed by atoms with van der Waals surface area (Å²) in [5, 5.41) is 0. The maximum absolute atomic E-state index is 8.67. The van der Waals surface area contributed by atoms with E-state index >= 15 is 0 Å². The molecule has 0 spiro atoms. The molecule has 82 valence electrons. The fraction of sp³-hybridized carbons (Fsp3) is 1.00. The molecule has 2 N–H and O–H groups in total. The van der Waals surface area contributed by atoms with Crippen LogP contribution in [0.15, 0.2) is 0 Å². The lowest BCUT2D eigenvalue weighted by Crippen LogP contribution is -2.47. The summed E-state index contributed by atoms with van der Waals surface area (Å²) in [5.74, 6) is 0. The first-order valence-electron chi connectivity index (χ1n) is 4.63. The van der Waals surface area contributed by atoms with Gasteiger partial charge in [0, 0.05) is 0 Å². The molecule has 0 amide bonds. The summed E-state index contributed by atoms with van der Waals surface area (Å²) in [6.07, 6.45) is 0. The van der Waals surface area contributed by atoms with E-state index in [1.165, 1.54) is 30.7 Å². The molecule has 13 heavy (non-hydrogen) atoms. The Kier molecular flexibility index (Phi) is 10.3. The Morgan fingerprint density at radius 1 is 0.923 bits per heavy atom. The second-order valence-electron chi connectivity index (χ2n) is 2.84. The molecule has 5 heteroatoms. The molecule has 0 aromatic heterocycles. The van der Waals surface area contributed by atoms with Crippen LogP contribution in [0.3, 0.4) is 0 Å². The van der Waals surface area contributed by atoms with Crippen molar-refractivity contribution in [3.8, 4) is 0 Å². The summed E-state index contributed by atoms with van der Waals surface area (Å²) < 4.78 is 24.1. The zero-order valence-electron chi connectivity index (χ0n) is 8.99. The lowest BCUT2D eigenvalue weighted by atomic mass is 10.3. The highest BCUT2D eigenvalue weighted by Crippen LogP contribution is 2.03. The van der Waals surface area contributed by atoms with Crippen molar-refractivity contribution >= 4 is 11.4 Å². The predicted molar refractivity (Wildman–Crippen MR) is 55.8 cm³/mol. The van der Waals surface area contributed by atoms with E-state index in [9.17, 15) is 0 Å². The summed E-state index contributed by atoms with van der Waals surface area (Å²) in [7, 11) is 0. The van der Waals surface area contributed by atoms with Crippen molar-refractivity contribution in [2.24, 2.45) is 0 Å². The van der Waals surface area contributed by atoms with E-state index in [4.69, 9.17) is 13.3 Å². The number of quaternary nitrogens is 1. The number of hydrogen-bond donors (Lipinski definition) is 2. The molecule has 0 radical (unpaired) electrons. The lowest BCUT2D eigenvalue weighted by molar-refractivity contribution is -0.921. The summed E-state index contributed by atoms with van der Waals surface area (Å²) in [4.78, 5) is 0. The van der Waals surface area contributed by atoms with Crippen LogP contribution in [-0.2, 0) is 11.4 Å². The monoisotopic (exact) mass is 212 g/mol. The second-order valence-corrected chi connectivity index (χ2v) is 3.30. The van der Waals surface area contributed by atoms with Gasteiger partial charge in [0.1, 0.15) is 0 Å². The number of rotatable bonds is 4. The van der Waals surface area contributed by atoms with Gasteiger partial charge < -0.3 is 4.48 Å². The van der Waals surface area contributed by atoms with Gasteiger partial charge in [-0.1, -0.05) is 0 Å². The average Bonchev–Trinajstić information content (AvgIpc) is 2.09. The third-order valence-electron chi connectivity index (χ3n) is 2.68. The van der Waals surface area contributed by atoms with E-state index in [2.05, 4.69) is 27.7 Å². The Hall–Kier alpha value is 0.0300. The van der Waals surface area contributed by atoms with Crippen molar-refractivity contribution < 1.29 is 17.8 Å². The molecule has 0 rings (SSSR count). The minimum atomic E-state index is -2.61. The van der Waals surface area contributed by atoms with Crippen molar-refractivity contribution in [1.29, 1.82) is 0 Å². The van der Waals surface area contributed by atoms with Gasteiger partial charge in [0.25, 0.3) is 11.4 Å². The van der Waals surface area contributed by atoms with E-state index in [1.807, 2.05) is 0 Å². The van der Waals surface area contributed by atoms with Crippen LogP contribution < -0.4 is 0 Å². The zero-order valence-corrected chi connectivity index (χ0v) is 9.80. The fourth-order valence-electron chi connectivity index (χ4n) is 1.34. The normalized spacial score (nSPS) is 11.0. The number of hydrogen-bond acceptors (Lipinski definition) is 1. The molecule has 0 saturated heterocycles. The van der Waals surface area contributed by atoms with Crippen LogP contribution in [0, 0.1) is 0 Å². The van der Waals surface area contributed by atoms with Crippen molar-refractivity contribution in [3.63, 3.8) is 0 Å². The van der Waals surface area contributed by atoms with Crippen molar-refractivity contribution in [3.05, 3.63) is 0 Å². The van der Waals surface area contributed by atoms with Gasteiger partial charge in [-0.15, -0.1) is 0 Å². The Morgan fingerprint density at radius 2 is 1.08 bits per heavy atom. The molecule has 0 fully saturated rings. The molecule has 0 aliphatic heterocycles. The van der Waals surface area contributed by atoms with E-state index in [-0.39, 0.29) is 0 Å². The van der Waals surface area contributed by atoms with Gasteiger partial charge in [0.15, 0.2) is 0 Å². The molecule has 0 bridgehead atoms. The topological polar surface area (TPSA) is 57.5 Å². The van der Waals surface area contributed by atoms with Gasteiger partial charge in [0.05, 0.1) is 26.2 Å². The van der Waals surface area contributed by atoms with Gasteiger partial charge in [-0.05, 0) is 27.7 Å². The maximum Gasteiger partial charge on any atom is 0.299 e. The van der Waals surface area contributed by atoms with Gasteiger partial charge in [-0.2, -0.15) is 4.21 Å². The van der Waals surface area contributed by atoms with E-state index in [1.54, 1.807) is 0 Å². The Labute approximate surface area is 83.7 Å². The highest BCUT2D eigenvalue weighted by Gasteiger charge is 2.16.